The van der Waals surface area contributed by atoms with Crippen LogP contribution in [0, 0.1) is 5.41 Å². The number of nitrogens with zero attached hydrogens (tertiary/aromatic N) is 1. The van der Waals surface area contributed by atoms with Gasteiger partial charge < -0.3 is 4.57 Å². The number of aromatic nitrogens is 1. The van der Waals surface area contributed by atoms with E-state index < -0.39 is 0 Å². The van der Waals surface area contributed by atoms with Crippen LogP contribution in [0.25, 0.3) is 0 Å². The molecule has 2 aliphatic rings. The van der Waals surface area contributed by atoms with Gasteiger partial charge in [-0.2, -0.15) is 0 Å². The van der Waals surface area contributed by atoms with Gasteiger partial charge >= 0.3 is 0 Å². The van der Waals surface area contributed by atoms with E-state index in [-0.39, 0.29) is 5.41 Å². The normalized spacial score (nSPS) is 23.1. The summed E-state index contributed by atoms with van der Waals surface area (Å²) in [5.74, 6) is 0.320. The maximum atomic E-state index is 12.1. The van der Waals surface area contributed by atoms with Crippen LogP contribution in [0.2, 0.25) is 0 Å². The molecule has 1 aromatic heterocycles. The molecule has 2 heteroatoms. The summed E-state index contributed by atoms with van der Waals surface area (Å²) in [6, 6.07) is 2.56. The van der Waals surface area contributed by atoms with Crippen molar-refractivity contribution in [3.05, 3.63) is 35.7 Å². The van der Waals surface area contributed by atoms with Crippen molar-refractivity contribution in [1.82, 2.24) is 4.57 Å². The summed E-state index contributed by atoms with van der Waals surface area (Å²) in [6.07, 6.45) is 10.5. The molecular formula is C15H19NO. The van der Waals surface area contributed by atoms with Gasteiger partial charge in [0.05, 0.1) is 0 Å². The lowest BCUT2D eigenvalue weighted by molar-refractivity contribution is 0.0909. The lowest BCUT2D eigenvalue weighted by Gasteiger charge is -2.31. The van der Waals surface area contributed by atoms with Crippen LogP contribution in [0.3, 0.4) is 0 Å². The molecule has 0 aromatic carbocycles. The molecule has 0 atom stereocenters. The number of hydrogen-bond donors (Lipinski definition) is 0. The van der Waals surface area contributed by atoms with E-state index in [0.29, 0.717) is 18.2 Å². The maximum Gasteiger partial charge on any atom is 0.165 e. The summed E-state index contributed by atoms with van der Waals surface area (Å²) in [6.45, 7) is 4.39. The van der Waals surface area contributed by atoms with E-state index in [9.17, 15) is 4.79 Å². The molecule has 90 valence electrons. The molecule has 17 heavy (non-hydrogen) atoms. The van der Waals surface area contributed by atoms with Crippen LogP contribution in [-0.2, 0) is 6.42 Å². The Morgan fingerprint density at radius 3 is 2.65 bits per heavy atom. The van der Waals surface area contributed by atoms with Gasteiger partial charge in [0.2, 0.25) is 0 Å². The topological polar surface area (TPSA) is 22.0 Å². The Kier molecular flexibility index (Phi) is 2.29. The van der Waals surface area contributed by atoms with E-state index in [1.807, 2.05) is 6.07 Å². The van der Waals surface area contributed by atoms with Crippen LogP contribution < -0.4 is 0 Å². The lowest BCUT2D eigenvalue weighted by atomic mass is 9.76. The monoisotopic (exact) mass is 229 g/mol. The van der Waals surface area contributed by atoms with Crippen LogP contribution in [0.15, 0.2) is 24.4 Å². The van der Waals surface area contributed by atoms with Gasteiger partial charge in [-0.05, 0) is 30.7 Å². The summed E-state index contributed by atoms with van der Waals surface area (Å²) in [5.41, 5.74) is 2.35. The van der Waals surface area contributed by atoms with Crippen molar-refractivity contribution in [3.63, 3.8) is 0 Å². The third-order valence-corrected chi connectivity index (χ3v) is 3.99. The molecule has 0 saturated carbocycles. The van der Waals surface area contributed by atoms with Crippen molar-refractivity contribution in [2.45, 2.75) is 45.6 Å². The van der Waals surface area contributed by atoms with E-state index >= 15 is 0 Å². The highest BCUT2D eigenvalue weighted by atomic mass is 16.1. The van der Waals surface area contributed by atoms with Crippen molar-refractivity contribution in [3.8, 4) is 0 Å². The van der Waals surface area contributed by atoms with Gasteiger partial charge in [-0.25, -0.2) is 0 Å². The molecule has 2 aliphatic carbocycles. The van der Waals surface area contributed by atoms with E-state index in [1.165, 1.54) is 5.69 Å². The molecule has 0 aliphatic heterocycles. The highest BCUT2D eigenvalue weighted by Gasteiger charge is 2.34. The minimum Gasteiger partial charge on any atom is -0.347 e. The van der Waals surface area contributed by atoms with Gasteiger partial charge in [0.25, 0.3) is 0 Å². The SMILES string of the molecule is CC1(C)CC(=O)c2ccn(C3CC=CC3)c2C1. The number of rotatable bonds is 1. The molecule has 1 heterocycles. The number of allylic oxidation sites excluding steroid dienone is 2. The number of Topliss-reactive ketones (excluding diaryl/α,β-unsaturated/α-hetero) is 1. The molecule has 0 bridgehead atoms. The van der Waals surface area contributed by atoms with Crippen LogP contribution in [0.1, 0.15) is 55.2 Å². The van der Waals surface area contributed by atoms with Crippen molar-refractivity contribution < 1.29 is 4.79 Å². The molecule has 0 spiro atoms. The average molecular weight is 229 g/mol. The number of hydrogen-bond acceptors (Lipinski definition) is 1. The van der Waals surface area contributed by atoms with Gasteiger partial charge in [0.1, 0.15) is 0 Å². The predicted octanol–water partition coefficient (Wildman–Crippen LogP) is 3.53. The number of carbonyl (C=O) groups is 1. The molecule has 3 rings (SSSR count). The molecule has 0 amide bonds. The number of fused-ring (bicyclic) bond motifs is 1. The van der Waals surface area contributed by atoms with Gasteiger partial charge in [0, 0.05) is 29.9 Å². The Hall–Kier alpha value is -1.31. The van der Waals surface area contributed by atoms with Crippen molar-refractivity contribution in [2.75, 3.05) is 0 Å². The molecule has 0 unspecified atom stereocenters. The molecule has 0 radical (unpaired) electrons. The van der Waals surface area contributed by atoms with Crippen molar-refractivity contribution in [1.29, 1.82) is 0 Å². The van der Waals surface area contributed by atoms with E-state index in [0.717, 1.165) is 24.8 Å². The summed E-state index contributed by atoms with van der Waals surface area (Å²) >= 11 is 0. The van der Waals surface area contributed by atoms with Crippen LogP contribution >= 0.6 is 0 Å². The first-order valence-electron chi connectivity index (χ1n) is 6.45. The fourth-order valence-corrected chi connectivity index (χ4v) is 3.14. The molecule has 0 saturated heterocycles. The van der Waals surface area contributed by atoms with E-state index in [4.69, 9.17) is 0 Å². The molecule has 0 fully saturated rings. The second-order valence-electron chi connectivity index (χ2n) is 6.12. The zero-order valence-electron chi connectivity index (χ0n) is 10.6. The average Bonchev–Trinajstić information content (AvgIpc) is 2.82. The van der Waals surface area contributed by atoms with Gasteiger partial charge in [-0.15, -0.1) is 0 Å². The molecular weight excluding hydrogens is 210 g/mol. The minimum atomic E-state index is 0.117. The Bertz CT molecular complexity index is 485. The quantitative estimate of drug-likeness (QED) is 0.675. The third-order valence-electron chi connectivity index (χ3n) is 3.99. The molecule has 1 aromatic rings. The molecule has 0 N–H and O–H groups in total. The Morgan fingerprint density at radius 2 is 1.94 bits per heavy atom. The Labute approximate surface area is 102 Å². The Morgan fingerprint density at radius 1 is 1.24 bits per heavy atom. The summed E-state index contributed by atoms with van der Waals surface area (Å²) in [5, 5.41) is 0. The van der Waals surface area contributed by atoms with Crippen molar-refractivity contribution in [2.24, 2.45) is 5.41 Å². The first kappa shape index (κ1) is 10.8. The van der Waals surface area contributed by atoms with Crippen molar-refractivity contribution >= 4 is 5.78 Å². The van der Waals surface area contributed by atoms with E-state index in [1.54, 1.807) is 0 Å². The fraction of sp³-hybridized carbons (Fsp3) is 0.533. The third kappa shape index (κ3) is 1.76. The largest absolute Gasteiger partial charge is 0.347 e. The van der Waals surface area contributed by atoms with Gasteiger partial charge in [0.15, 0.2) is 5.78 Å². The summed E-state index contributed by atoms with van der Waals surface area (Å²) in [7, 11) is 0. The smallest absolute Gasteiger partial charge is 0.165 e. The maximum absolute atomic E-state index is 12.1. The van der Waals surface area contributed by atoms with Crippen LogP contribution in [-0.4, -0.2) is 10.4 Å². The second kappa shape index (κ2) is 3.59. The fourth-order valence-electron chi connectivity index (χ4n) is 3.14. The number of carbonyl (C=O) groups excluding carboxylic acids is 1. The minimum absolute atomic E-state index is 0.117. The highest BCUT2D eigenvalue weighted by molar-refractivity contribution is 5.98. The predicted molar refractivity (Wildman–Crippen MR) is 68.3 cm³/mol. The molecule has 2 nitrogen and oxygen atoms in total. The van der Waals surface area contributed by atoms with Crippen LogP contribution in [0.5, 0.6) is 0 Å². The Balaban J connectivity index is 2.01. The zero-order valence-corrected chi connectivity index (χ0v) is 10.6. The summed E-state index contributed by atoms with van der Waals surface area (Å²) < 4.78 is 2.34. The van der Waals surface area contributed by atoms with Gasteiger partial charge in [-0.1, -0.05) is 26.0 Å². The standard InChI is InChI=1S/C15H19NO/c1-15(2)9-13-12(14(17)10-15)7-8-16(13)11-5-3-4-6-11/h3-4,7-8,11H,5-6,9-10H2,1-2H3. The zero-order chi connectivity index (χ0) is 12.0. The lowest BCUT2D eigenvalue weighted by Crippen LogP contribution is -2.28. The number of ketones is 1. The second-order valence-corrected chi connectivity index (χ2v) is 6.12. The first-order valence-corrected chi connectivity index (χ1v) is 6.45. The van der Waals surface area contributed by atoms with E-state index in [2.05, 4.69) is 36.8 Å². The van der Waals surface area contributed by atoms with Gasteiger partial charge in [-0.3, -0.25) is 4.79 Å². The summed E-state index contributed by atoms with van der Waals surface area (Å²) in [4.78, 5) is 12.1. The van der Waals surface area contributed by atoms with Crippen LogP contribution in [0.4, 0.5) is 0 Å². The first-order chi connectivity index (χ1) is 8.07. The highest BCUT2D eigenvalue weighted by Crippen LogP contribution is 2.37.